The lowest BCUT2D eigenvalue weighted by atomic mass is 10.1. The Morgan fingerprint density at radius 2 is 1.79 bits per heavy atom. The molecule has 2 aromatic heterocycles. The van der Waals surface area contributed by atoms with Crippen molar-refractivity contribution in [3.63, 3.8) is 0 Å². The van der Waals surface area contributed by atoms with Gasteiger partial charge in [-0.3, -0.25) is 4.79 Å². The SMILES string of the molecule is CSc1ccc(CNC=O)cc1.Cc1ccc(-c2cc3c(N4CCCCC4)ncnc3s2)cc1.[HH]. The molecular formula is C27H32N4OS2. The zero-order chi connectivity index (χ0) is 23.8. The van der Waals surface area contributed by atoms with Crippen molar-refractivity contribution in [1.82, 2.24) is 15.3 Å². The first-order valence-corrected chi connectivity index (χ1v) is 13.6. The number of hydrogen-bond donors (Lipinski definition) is 1. The Labute approximate surface area is 211 Å². The Kier molecular flexibility index (Phi) is 8.55. The number of benzene rings is 2. The van der Waals surface area contributed by atoms with E-state index in [9.17, 15) is 4.79 Å². The molecule has 3 heterocycles. The predicted molar refractivity (Wildman–Crippen MR) is 147 cm³/mol. The lowest BCUT2D eigenvalue weighted by molar-refractivity contribution is -0.109. The maximum atomic E-state index is 9.99. The largest absolute Gasteiger partial charge is 0.356 e. The van der Waals surface area contributed by atoms with E-state index >= 15 is 0 Å². The third kappa shape index (κ3) is 6.15. The van der Waals surface area contributed by atoms with Crippen LogP contribution < -0.4 is 10.2 Å². The summed E-state index contributed by atoms with van der Waals surface area (Å²) in [6.45, 7) is 4.95. The maximum absolute atomic E-state index is 9.99. The second-order valence-corrected chi connectivity index (χ2v) is 10.2. The minimum absolute atomic E-state index is 0. The highest BCUT2D eigenvalue weighted by molar-refractivity contribution is 7.98. The number of thiophene rings is 1. The quantitative estimate of drug-likeness (QED) is 0.244. The van der Waals surface area contributed by atoms with Crippen LogP contribution in [0.3, 0.4) is 0 Å². The molecule has 5 nitrogen and oxygen atoms in total. The summed E-state index contributed by atoms with van der Waals surface area (Å²) in [5.74, 6) is 1.11. The number of anilines is 1. The van der Waals surface area contributed by atoms with Gasteiger partial charge in [-0.1, -0.05) is 42.0 Å². The Morgan fingerprint density at radius 1 is 1.06 bits per heavy atom. The van der Waals surface area contributed by atoms with E-state index < -0.39 is 0 Å². The predicted octanol–water partition coefficient (Wildman–Crippen LogP) is 6.56. The number of carbonyl (C=O) groups excluding carboxylic acids is 1. The second kappa shape index (κ2) is 12.0. The van der Waals surface area contributed by atoms with Crippen molar-refractivity contribution in [2.75, 3.05) is 24.2 Å². The van der Waals surface area contributed by atoms with Crippen LogP contribution in [0.5, 0.6) is 0 Å². The van der Waals surface area contributed by atoms with Gasteiger partial charge in [0.2, 0.25) is 6.41 Å². The van der Waals surface area contributed by atoms with Crippen LogP contribution in [0.4, 0.5) is 5.82 Å². The van der Waals surface area contributed by atoms with Crippen molar-refractivity contribution >= 4 is 45.5 Å². The highest BCUT2D eigenvalue weighted by Gasteiger charge is 2.17. The number of fused-ring (bicyclic) bond motifs is 1. The summed E-state index contributed by atoms with van der Waals surface area (Å²) < 4.78 is 0. The van der Waals surface area contributed by atoms with Crippen LogP contribution in [0.1, 0.15) is 31.8 Å². The number of thioether (sulfide) groups is 1. The molecule has 1 aliphatic heterocycles. The smallest absolute Gasteiger partial charge is 0.207 e. The molecule has 1 N–H and O–H groups in total. The summed E-state index contributed by atoms with van der Waals surface area (Å²) in [6, 6.07) is 19.1. The zero-order valence-electron chi connectivity index (χ0n) is 19.7. The van der Waals surface area contributed by atoms with Crippen LogP contribution in [0, 0.1) is 6.92 Å². The van der Waals surface area contributed by atoms with Crippen LogP contribution in [0.25, 0.3) is 20.7 Å². The molecule has 2 aromatic carbocycles. The monoisotopic (exact) mass is 492 g/mol. The highest BCUT2D eigenvalue weighted by atomic mass is 32.2. The van der Waals surface area contributed by atoms with E-state index in [1.807, 2.05) is 30.5 Å². The maximum Gasteiger partial charge on any atom is 0.207 e. The number of nitrogens with zero attached hydrogens (tertiary/aromatic N) is 3. The molecule has 1 fully saturated rings. The molecule has 0 saturated carbocycles. The number of carbonyl (C=O) groups is 1. The summed E-state index contributed by atoms with van der Waals surface area (Å²) in [5, 5.41) is 3.81. The second-order valence-electron chi connectivity index (χ2n) is 8.29. The normalized spacial score (nSPS) is 13.3. The molecule has 0 aliphatic carbocycles. The Hall–Kier alpha value is -2.90. The van der Waals surface area contributed by atoms with E-state index in [4.69, 9.17) is 0 Å². The molecule has 1 amide bonds. The Balaban J connectivity index is 0.000000226. The van der Waals surface area contributed by atoms with Gasteiger partial charge in [-0.25, -0.2) is 9.97 Å². The standard InChI is InChI=1S/C18H19N3S.C9H11NOS.H2/c1-13-5-7-14(8-6-13)16-11-15-17(19-12-20-18(15)22-16)21-9-3-2-4-10-21;1-12-9-4-2-8(3-5-9)6-10-7-11;/h5-8,11-12H,2-4,9-10H2,1H3;2-5,7H,6H2,1H3,(H,10,11);1H. The molecule has 1 saturated heterocycles. The van der Waals surface area contributed by atoms with Crippen LogP contribution in [0.2, 0.25) is 0 Å². The summed E-state index contributed by atoms with van der Waals surface area (Å²) in [6.07, 6.45) is 8.33. The van der Waals surface area contributed by atoms with Crippen molar-refractivity contribution in [1.29, 1.82) is 0 Å². The number of piperidine rings is 1. The average molecular weight is 493 g/mol. The number of nitrogens with one attached hydrogen (secondary N) is 1. The molecule has 0 bridgehead atoms. The highest BCUT2D eigenvalue weighted by Crippen LogP contribution is 2.36. The lowest BCUT2D eigenvalue weighted by Crippen LogP contribution is -2.30. The fourth-order valence-corrected chi connectivity index (χ4v) is 5.37. The number of aryl methyl sites for hydroxylation is 1. The van der Waals surface area contributed by atoms with Gasteiger partial charge in [-0.2, -0.15) is 0 Å². The number of amides is 1. The van der Waals surface area contributed by atoms with Gasteiger partial charge in [-0.15, -0.1) is 23.1 Å². The summed E-state index contributed by atoms with van der Waals surface area (Å²) >= 11 is 3.47. The molecule has 34 heavy (non-hydrogen) atoms. The number of hydrogen-bond acceptors (Lipinski definition) is 6. The van der Waals surface area contributed by atoms with Gasteiger partial charge >= 0.3 is 0 Å². The number of rotatable bonds is 6. The van der Waals surface area contributed by atoms with E-state index in [1.54, 1.807) is 29.4 Å². The summed E-state index contributed by atoms with van der Waals surface area (Å²) in [7, 11) is 0. The first kappa shape index (κ1) is 24.2. The van der Waals surface area contributed by atoms with Crippen molar-refractivity contribution < 1.29 is 6.22 Å². The Morgan fingerprint density at radius 3 is 2.47 bits per heavy atom. The van der Waals surface area contributed by atoms with Crippen LogP contribution in [0.15, 0.2) is 65.8 Å². The molecule has 0 radical (unpaired) electrons. The zero-order valence-corrected chi connectivity index (χ0v) is 21.3. The van der Waals surface area contributed by atoms with E-state index in [2.05, 4.69) is 57.4 Å². The third-order valence-corrected chi connectivity index (χ3v) is 7.68. The fraction of sp³-hybridized carbons (Fsp3) is 0.296. The topological polar surface area (TPSA) is 58.1 Å². The van der Waals surface area contributed by atoms with Gasteiger partial charge in [0.15, 0.2) is 0 Å². The molecule has 7 heteroatoms. The minimum Gasteiger partial charge on any atom is -0.356 e. The van der Waals surface area contributed by atoms with Crippen molar-refractivity contribution in [2.24, 2.45) is 0 Å². The van der Waals surface area contributed by atoms with Gasteiger partial charge in [-0.05, 0) is 61.8 Å². The third-order valence-electron chi connectivity index (χ3n) is 5.85. The van der Waals surface area contributed by atoms with E-state index in [1.165, 1.54) is 45.5 Å². The van der Waals surface area contributed by atoms with Gasteiger partial charge in [0.05, 0.1) is 5.39 Å². The van der Waals surface area contributed by atoms with Crippen LogP contribution >= 0.6 is 23.1 Å². The van der Waals surface area contributed by atoms with Gasteiger partial charge < -0.3 is 10.2 Å². The fourth-order valence-electron chi connectivity index (χ4n) is 3.96. The Bertz CT molecular complexity index is 1210. The number of aromatic nitrogens is 2. The molecule has 178 valence electrons. The van der Waals surface area contributed by atoms with E-state index in [-0.39, 0.29) is 1.43 Å². The molecule has 0 spiro atoms. The van der Waals surface area contributed by atoms with Crippen molar-refractivity contribution in [2.45, 2.75) is 37.6 Å². The van der Waals surface area contributed by atoms with Gasteiger partial charge in [0, 0.05) is 30.8 Å². The average Bonchev–Trinajstić information content (AvgIpc) is 3.34. The van der Waals surface area contributed by atoms with Crippen molar-refractivity contribution in [3.05, 3.63) is 72.1 Å². The van der Waals surface area contributed by atoms with Crippen molar-refractivity contribution in [3.8, 4) is 10.4 Å². The molecule has 0 unspecified atom stereocenters. The summed E-state index contributed by atoms with van der Waals surface area (Å²) in [5.41, 5.74) is 3.68. The molecule has 0 atom stereocenters. The van der Waals surface area contributed by atoms with Gasteiger partial charge in [0.25, 0.3) is 0 Å². The molecule has 4 aromatic rings. The first-order valence-electron chi connectivity index (χ1n) is 11.5. The lowest BCUT2D eigenvalue weighted by Gasteiger charge is -2.27. The molecule has 1 aliphatic rings. The van der Waals surface area contributed by atoms with Crippen LogP contribution in [-0.4, -0.2) is 35.7 Å². The molecular weight excluding hydrogens is 460 g/mol. The summed E-state index contributed by atoms with van der Waals surface area (Å²) in [4.78, 5) is 25.1. The minimum atomic E-state index is 0. The van der Waals surface area contributed by atoms with Gasteiger partial charge in [0.1, 0.15) is 17.0 Å². The van der Waals surface area contributed by atoms with Crippen LogP contribution in [-0.2, 0) is 11.3 Å². The first-order chi connectivity index (χ1) is 16.7. The molecule has 5 rings (SSSR count). The van der Waals surface area contributed by atoms with E-state index in [0.29, 0.717) is 13.0 Å². The van der Waals surface area contributed by atoms with E-state index in [0.717, 1.165) is 29.3 Å².